The van der Waals surface area contributed by atoms with Crippen LogP contribution >= 0.6 is 11.3 Å². The Hall–Kier alpha value is -1.56. The number of nitrogens with one attached hydrogen (secondary N) is 1. The number of hydrogen-bond acceptors (Lipinski definition) is 3. The monoisotopic (exact) mass is 268 g/mol. The van der Waals surface area contributed by atoms with Gasteiger partial charge >= 0.3 is 12.0 Å². The van der Waals surface area contributed by atoms with E-state index in [0.29, 0.717) is 19.5 Å². The number of carbonyl (C=O) groups excluding carboxylic acids is 1. The van der Waals surface area contributed by atoms with Gasteiger partial charge in [-0.3, -0.25) is 0 Å². The van der Waals surface area contributed by atoms with Crippen molar-refractivity contribution >= 4 is 23.3 Å². The third kappa shape index (κ3) is 2.64. The van der Waals surface area contributed by atoms with Gasteiger partial charge in [-0.05, 0) is 36.8 Å². The molecule has 1 fully saturated rings. The zero-order valence-corrected chi connectivity index (χ0v) is 11.0. The van der Waals surface area contributed by atoms with Crippen molar-refractivity contribution in [2.75, 3.05) is 6.54 Å². The molecule has 2 amide bonds. The molecule has 1 aliphatic rings. The van der Waals surface area contributed by atoms with Gasteiger partial charge < -0.3 is 15.3 Å². The molecule has 1 aromatic rings. The first-order valence-electron chi connectivity index (χ1n) is 5.90. The van der Waals surface area contributed by atoms with Crippen LogP contribution in [0.3, 0.4) is 0 Å². The lowest BCUT2D eigenvalue weighted by atomic mass is 10.2. The molecule has 1 unspecified atom stereocenters. The zero-order chi connectivity index (χ0) is 13.1. The first kappa shape index (κ1) is 12.9. The second-order valence-corrected chi connectivity index (χ2v) is 5.38. The minimum atomic E-state index is -0.921. The van der Waals surface area contributed by atoms with E-state index < -0.39 is 12.0 Å². The molecule has 0 aliphatic carbocycles. The fourth-order valence-electron chi connectivity index (χ4n) is 2.11. The van der Waals surface area contributed by atoms with Gasteiger partial charge in [-0.15, -0.1) is 11.3 Å². The molecule has 0 radical (unpaired) electrons. The fourth-order valence-corrected chi connectivity index (χ4v) is 2.96. The number of nitrogens with zero attached hydrogens (tertiary/aromatic N) is 1. The normalized spacial score (nSPS) is 18.9. The summed E-state index contributed by atoms with van der Waals surface area (Å²) in [4.78, 5) is 25.4. The maximum atomic E-state index is 11.9. The van der Waals surface area contributed by atoms with Crippen LogP contribution in [0.5, 0.6) is 0 Å². The first-order valence-corrected chi connectivity index (χ1v) is 6.78. The Bertz CT molecular complexity index is 458. The van der Waals surface area contributed by atoms with E-state index in [-0.39, 0.29) is 6.03 Å². The van der Waals surface area contributed by atoms with Crippen molar-refractivity contribution in [2.24, 2.45) is 0 Å². The summed E-state index contributed by atoms with van der Waals surface area (Å²) in [5.41, 5.74) is 1.15. The van der Waals surface area contributed by atoms with Gasteiger partial charge in [0.1, 0.15) is 6.04 Å². The molecule has 98 valence electrons. The highest BCUT2D eigenvalue weighted by atomic mass is 32.1. The van der Waals surface area contributed by atoms with Crippen LogP contribution in [-0.4, -0.2) is 34.6 Å². The lowest BCUT2D eigenvalue weighted by Crippen LogP contribution is -2.45. The van der Waals surface area contributed by atoms with E-state index in [1.165, 1.54) is 4.90 Å². The highest BCUT2D eigenvalue weighted by Gasteiger charge is 2.33. The smallest absolute Gasteiger partial charge is 0.326 e. The third-order valence-corrected chi connectivity index (χ3v) is 4.19. The number of rotatable bonds is 3. The number of carbonyl (C=O) groups is 2. The summed E-state index contributed by atoms with van der Waals surface area (Å²) < 4.78 is 0. The molecular weight excluding hydrogens is 252 g/mol. The Morgan fingerprint density at radius 3 is 3.00 bits per heavy atom. The van der Waals surface area contributed by atoms with Crippen LogP contribution in [0.25, 0.3) is 0 Å². The van der Waals surface area contributed by atoms with Crippen LogP contribution in [0.2, 0.25) is 0 Å². The molecule has 0 spiro atoms. The number of urea groups is 1. The Labute approximate surface area is 109 Å². The van der Waals surface area contributed by atoms with Crippen LogP contribution < -0.4 is 5.32 Å². The topological polar surface area (TPSA) is 69.6 Å². The molecule has 1 atom stereocenters. The second-order valence-electron chi connectivity index (χ2n) is 4.38. The molecule has 1 aromatic heterocycles. The van der Waals surface area contributed by atoms with Gasteiger partial charge in [0.25, 0.3) is 0 Å². The molecule has 5 nitrogen and oxygen atoms in total. The van der Waals surface area contributed by atoms with Crippen molar-refractivity contribution in [3.63, 3.8) is 0 Å². The summed E-state index contributed by atoms with van der Waals surface area (Å²) in [5, 5.41) is 13.8. The fraction of sp³-hybridized carbons (Fsp3) is 0.500. The molecule has 2 N–H and O–H groups in total. The molecule has 0 saturated carbocycles. The maximum absolute atomic E-state index is 11.9. The average molecular weight is 268 g/mol. The standard InChI is InChI=1S/C12H16N2O3S/c1-8-4-6-18-10(8)7-13-12(17)14-5-2-3-9(14)11(15)16/h4,6,9H,2-3,5,7H2,1H3,(H,13,17)(H,15,16). The van der Waals surface area contributed by atoms with E-state index in [9.17, 15) is 9.59 Å². The Morgan fingerprint density at radius 2 is 2.39 bits per heavy atom. The lowest BCUT2D eigenvalue weighted by Gasteiger charge is -2.21. The molecular formula is C12H16N2O3S. The van der Waals surface area contributed by atoms with Gasteiger partial charge in [0, 0.05) is 11.4 Å². The van der Waals surface area contributed by atoms with E-state index in [2.05, 4.69) is 5.32 Å². The quantitative estimate of drug-likeness (QED) is 0.878. The van der Waals surface area contributed by atoms with Crippen LogP contribution in [0, 0.1) is 6.92 Å². The Morgan fingerprint density at radius 1 is 1.61 bits per heavy atom. The van der Waals surface area contributed by atoms with Crippen molar-refractivity contribution in [3.8, 4) is 0 Å². The van der Waals surface area contributed by atoms with E-state index in [4.69, 9.17) is 5.11 Å². The molecule has 1 aliphatic heterocycles. The number of amides is 2. The SMILES string of the molecule is Cc1ccsc1CNC(=O)N1CCCC1C(=O)O. The van der Waals surface area contributed by atoms with Crippen molar-refractivity contribution in [1.29, 1.82) is 0 Å². The highest BCUT2D eigenvalue weighted by Crippen LogP contribution is 2.18. The van der Waals surface area contributed by atoms with E-state index >= 15 is 0 Å². The number of carboxylic acid groups (broad SMARTS) is 1. The second kappa shape index (κ2) is 5.39. The maximum Gasteiger partial charge on any atom is 0.326 e. The van der Waals surface area contributed by atoms with Gasteiger partial charge in [0.2, 0.25) is 0 Å². The van der Waals surface area contributed by atoms with Crippen molar-refractivity contribution in [3.05, 3.63) is 21.9 Å². The molecule has 2 rings (SSSR count). The van der Waals surface area contributed by atoms with Gasteiger partial charge in [0.05, 0.1) is 6.54 Å². The number of likely N-dealkylation sites (tertiary alicyclic amines) is 1. The average Bonchev–Trinajstić information content (AvgIpc) is 2.94. The Kier molecular flexibility index (Phi) is 3.86. The Balaban J connectivity index is 1.92. The van der Waals surface area contributed by atoms with Crippen molar-refractivity contribution in [1.82, 2.24) is 10.2 Å². The zero-order valence-electron chi connectivity index (χ0n) is 10.2. The summed E-state index contributed by atoms with van der Waals surface area (Å²) in [6.45, 7) is 2.98. The number of aryl methyl sites for hydroxylation is 1. The summed E-state index contributed by atoms with van der Waals surface area (Å²) in [6, 6.07) is 1.05. The number of aliphatic carboxylic acids is 1. The third-order valence-electron chi connectivity index (χ3n) is 3.17. The summed E-state index contributed by atoms with van der Waals surface area (Å²) in [6.07, 6.45) is 1.29. The lowest BCUT2D eigenvalue weighted by molar-refractivity contribution is -0.141. The number of hydrogen-bond donors (Lipinski definition) is 2. The van der Waals surface area contributed by atoms with Crippen LogP contribution in [0.15, 0.2) is 11.4 Å². The van der Waals surface area contributed by atoms with Gasteiger partial charge in [0.15, 0.2) is 0 Å². The minimum Gasteiger partial charge on any atom is -0.480 e. The summed E-state index contributed by atoms with van der Waals surface area (Å²) in [7, 11) is 0. The van der Waals surface area contributed by atoms with Crippen molar-refractivity contribution < 1.29 is 14.7 Å². The van der Waals surface area contributed by atoms with Gasteiger partial charge in [-0.1, -0.05) is 0 Å². The van der Waals surface area contributed by atoms with Crippen LogP contribution in [0.1, 0.15) is 23.3 Å². The minimum absolute atomic E-state index is 0.285. The van der Waals surface area contributed by atoms with E-state index in [0.717, 1.165) is 16.9 Å². The summed E-state index contributed by atoms with van der Waals surface area (Å²) >= 11 is 1.59. The van der Waals surface area contributed by atoms with Crippen LogP contribution in [-0.2, 0) is 11.3 Å². The number of carboxylic acids is 1. The molecule has 0 aromatic carbocycles. The molecule has 2 heterocycles. The van der Waals surface area contributed by atoms with Gasteiger partial charge in [-0.2, -0.15) is 0 Å². The van der Waals surface area contributed by atoms with Gasteiger partial charge in [-0.25, -0.2) is 9.59 Å². The highest BCUT2D eigenvalue weighted by molar-refractivity contribution is 7.10. The van der Waals surface area contributed by atoms with Crippen molar-refractivity contribution in [2.45, 2.75) is 32.4 Å². The predicted molar refractivity (Wildman–Crippen MR) is 68.7 cm³/mol. The number of thiophene rings is 1. The molecule has 18 heavy (non-hydrogen) atoms. The van der Waals surface area contributed by atoms with E-state index in [1.54, 1.807) is 11.3 Å². The molecule has 1 saturated heterocycles. The predicted octanol–water partition coefficient (Wildman–Crippen LogP) is 1.82. The molecule has 6 heteroatoms. The molecule has 0 bridgehead atoms. The first-order chi connectivity index (χ1) is 8.59. The largest absolute Gasteiger partial charge is 0.480 e. The van der Waals surface area contributed by atoms with E-state index in [1.807, 2.05) is 18.4 Å². The van der Waals surface area contributed by atoms with Crippen LogP contribution in [0.4, 0.5) is 4.79 Å². The summed E-state index contributed by atoms with van der Waals surface area (Å²) in [5.74, 6) is -0.921.